The lowest BCUT2D eigenvalue weighted by Gasteiger charge is -2.27. The van der Waals surface area contributed by atoms with Crippen LogP contribution in [0.25, 0.3) is 5.57 Å². The summed E-state index contributed by atoms with van der Waals surface area (Å²) in [7, 11) is -4.94. The minimum absolute atomic E-state index is 0.761. The molecule has 0 aromatic carbocycles. The normalized spacial score (nSPS) is 21.7. The minimum atomic E-state index is -4.94. The molecule has 4 aliphatic heterocycles. The van der Waals surface area contributed by atoms with Crippen LogP contribution in [0.15, 0.2) is 28.2 Å². The van der Waals surface area contributed by atoms with Crippen molar-refractivity contribution in [3.63, 3.8) is 0 Å². The van der Waals surface area contributed by atoms with Crippen molar-refractivity contribution in [1.82, 2.24) is 4.98 Å². The van der Waals surface area contributed by atoms with E-state index in [1.54, 1.807) is 23.1 Å². The first-order chi connectivity index (χ1) is 18.8. The van der Waals surface area contributed by atoms with Gasteiger partial charge in [0.1, 0.15) is 13.1 Å². The number of anilines is 2. The summed E-state index contributed by atoms with van der Waals surface area (Å²) in [5.74, 6) is 0. The van der Waals surface area contributed by atoms with Crippen LogP contribution in [0.5, 0.6) is 0 Å². The lowest BCUT2D eigenvalue weighted by Crippen LogP contribution is -2.68. The van der Waals surface area contributed by atoms with Gasteiger partial charge in [0, 0.05) is 54.6 Å². The second-order valence-electron chi connectivity index (χ2n) is 8.70. The number of aliphatic imine (C=N–C) groups is 1. The molecule has 0 unspecified atom stereocenters. The standard InChI is InChI=1S/C23H28N5O3S3.ClHO4/c1-2-20(26-3-9-29-10-4-26)32-17(1)21(18-15-24-22(33-18)27-5-11-30-12-6-27)19-16-25-23(34-19)28-7-13-31-14-8-28;2-1(3,4)5/h1-2,15-16H,3-14H2;(H,2,3,4,5)/q+1;/p-1. The Morgan fingerprint density at radius 1 is 0.821 bits per heavy atom. The van der Waals surface area contributed by atoms with Crippen molar-refractivity contribution in [2.75, 3.05) is 88.7 Å². The van der Waals surface area contributed by atoms with Crippen LogP contribution in [0.2, 0.25) is 0 Å². The van der Waals surface area contributed by atoms with Gasteiger partial charge in [-0.25, -0.2) is 28.2 Å². The smallest absolute Gasteiger partial charge is 0.359 e. The van der Waals surface area contributed by atoms with E-state index in [0.717, 1.165) is 89.2 Å². The number of aromatic nitrogens is 1. The highest BCUT2D eigenvalue weighted by atomic mass is 35.7. The van der Waals surface area contributed by atoms with Crippen LogP contribution in [0.1, 0.15) is 9.75 Å². The Labute approximate surface area is 240 Å². The van der Waals surface area contributed by atoms with Gasteiger partial charge in [-0.1, -0.05) is 11.3 Å². The third-order valence-electron chi connectivity index (χ3n) is 6.20. The molecule has 0 atom stereocenters. The SMILES string of the molecule is C1=NC(=[N+]2CCOCC2)SC1=C(c1ccc(N2CCOCC2)s1)c1cnc(N2CCOCC2)s1.[O-][Cl+3]([O-])([O-])[O-]. The highest BCUT2D eigenvalue weighted by Gasteiger charge is 2.30. The summed E-state index contributed by atoms with van der Waals surface area (Å²) >= 11 is 5.39. The number of morpholine rings is 3. The zero-order valence-corrected chi connectivity index (χ0v) is 24.2. The third-order valence-corrected chi connectivity index (χ3v) is 9.52. The molecule has 0 bridgehead atoms. The van der Waals surface area contributed by atoms with Gasteiger partial charge >= 0.3 is 5.17 Å². The average molecular weight is 618 g/mol. The van der Waals surface area contributed by atoms with Crippen molar-refractivity contribution >= 4 is 61.5 Å². The minimum Gasteiger partial charge on any atom is -0.378 e. The zero-order valence-electron chi connectivity index (χ0n) is 21.0. The maximum absolute atomic E-state index is 8.49. The topological polar surface area (TPSA) is 155 Å². The molecule has 0 N–H and O–H groups in total. The van der Waals surface area contributed by atoms with Gasteiger partial charge in [0.25, 0.3) is 0 Å². The molecule has 0 spiro atoms. The fourth-order valence-corrected chi connectivity index (χ4v) is 7.75. The van der Waals surface area contributed by atoms with Gasteiger partial charge < -0.3 is 24.0 Å². The number of nitrogens with zero attached hydrogens (tertiary/aromatic N) is 5. The Balaban J connectivity index is 0.000000567. The van der Waals surface area contributed by atoms with Gasteiger partial charge in [-0.15, -0.1) is 21.6 Å². The fraction of sp³-hybridized carbons (Fsp3) is 0.522. The van der Waals surface area contributed by atoms with Crippen molar-refractivity contribution in [1.29, 1.82) is 0 Å². The van der Waals surface area contributed by atoms with Gasteiger partial charge in [0.2, 0.25) is 0 Å². The molecule has 6 rings (SSSR count). The molecule has 12 nitrogen and oxygen atoms in total. The fourth-order valence-electron chi connectivity index (χ4n) is 4.34. The first kappa shape index (κ1) is 28.9. The van der Waals surface area contributed by atoms with Crippen LogP contribution in [0, 0.1) is 10.2 Å². The second-order valence-corrected chi connectivity index (χ2v) is 12.5. The lowest BCUT2D eigenvalue weighted by molar-refractivity contribution is -2.00. The number of amidine groups is 1. The van der Waals surface area contributed by atoms with Crippen LogP contribution in [-0.4, -0.2) is 99.9 Å². The summed E-state index contributed by atoms with van der Waals surface area (Å²) in [4.78, 5) is 18.0. The van der Waals surface area contributed by atoms with Crippen molar-refractivity contribution in [2.45, 2.75) is 0 Å². The van der Waals surface area contributed by atoms with Crippen LogP contribution in [0.4, 0.5) is 10.1 Å². The van der Waals surface area contributed by atoms with E-state index in [1.807, 2.05) is 23.7 Å². The Hall–Kier alpha value is -1.63. The maximum Gasteiger partial charge on any atom is 0.359 e. The first-order valence-corrected chi connectivity index (χ1v) is 16.0. The molecule has 16 heteroatoms. The van der Waals surface area contributed by atoms with E-state index < -0.39 is 10.2 Å². The molecule has 0 aliphatic carbocycles. The van der Waals surface area contributed by atoms with Crippen molar-refractivity contribution in [2.24, 2.45) is 4.99 Å². The highest BCUT2D eigenvalue weighted by molar-refractivity contribution is 8.18. The third kappa shape index (κ3) is 7.98. The molecular formula is C23H28ClN5O7S3. The van der Waals surface area contributed by atoms with E-state index in [2.05, 4.69) is 26.5 Å². The molecule has 0 saturated carbocycles. The molecule has 4 aliphatic rings. The van der Waals surface area contributed by atoms with Crippen LogP contribution in [0.3, 0.4) is 0 Å². The molecule has 3 saturated heterocycles. The lowest BCUT2D eigenvalue weighted by atomic mass is 10.2. The summed E-state index contributed by atoms with van der Waals surface area (Å²) in [6.45, 7) is 10.1. The number of thioether (sulfide) groups is 1. The van der Waals surface area contributed by atoms with Gasteiger partial charge in [0.05, 0.1) is 54.4 Å². The average Bonchev–Trinajstić information content (AvgIpc) is 3.72. The predicted molar refractivity (Wildman–Crippen MR) is 140 cm³/mol. The van der Waals surface area contributed by atoms with Crippen molar-refractivity contribution in [3.8, 4) is 0 Å². The van der Waals surface area contributed by atoms with Crippen LogP contribution >= 0.6 is 34.4 Å². The predicted octanol–water partition coefficient (Wildman–Crippen LogP) is -1.90. The number of halogens is 1. The first-order valence-electron chi connectivity index (χ1n) is 12.3. The number of hydrogen-bond donors (Lipinski definition) is 0. The van der Waals surface area contributed by atoms with Crippen molar-refractivity contribution in [3.05, 3.63) is 33.0 Å². The van der Waals surface area contributed by atoms with E-state index in [-0.39, 0.29) is 0 Å². The maximum atomic E-state index is 8.49. The molecule has 0 amide bonds. The van der Waals surface area contributed by atoms with E-state index >= 15 is 0 Å². The molecule has 3 fully saturated rings. The zero-order chi connectivity index (χ0) is 27.2. The Kier molecular flexibility index (Phi) is 9.89. The van der Waals surface area contributed by atoms with E-state index in [4.69, 9.17) is 42.8 Å². The summed E-state index contributed by atoms with van der Waals surface area (Å²) in [6, 6.07) is 4.51. The Morgan fingerprint density at radius 2 is 1.44 bits per heavy atom. The summed E-state index contributed by atoms with van der Waals surface area (Å²) in [5, 5.41) is 3.43. The number of hydrogen-bond acceptors (Lipinski definition) is 13. The number of rotatable bonds is 4. The molecule has 2 aromatic heterocycles. The molecule has 6 heterocycles. The summed E-state index contributed by atoms with van der Waals surface area (Å²) < 4.78 is 52.9. The molecule has 39 heavy (non-hydrogen) atoms. The number of allylic oxidation sites excluding steroid dienone is 1. The van der Waals surface area contributed by atoms with Crippen molar-refractivity contribution < 1.29 is 47.7 Å². The number of thiophene rings is 1. The van der Waals surface area contributed by atoms with Gasteiger partial charge in [-0.3, -0.25) is 0 Å². The molecule has 212 valence electrons. The highest BCUT2D eigenvalue weighted by Crippen LogP contribution is 2.43. The van der Waals surface area contributed by atoms with E-state index in [1.165, 1.54) is 25.2 Å². The quantitative estimate of drug-likeness (QED) is 0.353. The van der Waals surface area contributed by atoms with Gasteiger partial charge in [0.15, 0.2) is 11.3 Å². The van der Waals surface area contributed by atoms with Gasteiger partial charge in [-0.2, -0.15) is 0 Å². The molecular weight excluding hydrogens is 590 g/mol. The summed E-state index contributed by atoms with van der Waals surface area (Å²) in [5.41, 5.74) is 1.23. The largest absolute Gasteiger partial charge is 0.378 e. The number of thiazole rings is 1. The second kappa shape index (κ2) is 13.4. The summed E-state index contributed by atoms with van der Waals surface area (Å²) in [6.07, 6.45) is 4.07. The van der Waals surface area contributed by atoms with E-state index in [0.29, 0.717) is 0 Å². The van der Waals surface area contributed by atoms with Gasteiger partial charge in [-0.05, 0) is 17.1 Å². The Morgan fingerprint density at radius 3 is 2.10 bits per heavy atom. The number of ether oxygens (including phenoxy) is 3. The molecule has 0 radical (unpaired) electrons. The molecule has 2 aromatic rings. The Bertz CT molecular complexity index is 1140. The monoisotopic (exact) mass is 617 g/mol. The van der Waals surface area contributed by atoms with E-state index in [9.17, 15) is 0 Å². The van der Waals surface area contributed by atoms with Crippen LogP contribution in [-0.2, 0) is 14.2 Å². The van der Waals surface area contributed by atoms with Crippen LogP contribution < -0.4 is 28.4 Å².